The predicted molar refractivity (Wildman–Crippen MR) is 86.2 cm³/mol. The summed E-state index contributed by atoms with van der Waals surface area (Å²) < 4.78 is 10.8. The van der Waals surface area contributed by atoms with Crippen LogP contribution in [0.1, 0.15) is 27.9 Å². The SMILES string of the molecule is Cc1oncc1C(=O)NCC(c1cc2ccccc2o1)N(C)C. The highest BCUT2D eigenvalue weighted by Crippen LogP contribution is 2.26. The summed E-state index contributed by atoms with van der Waals surface area (Å²) in [5, 5.41) is 7.59. The molecule has 120 valence electrons. The second-order valence-corrected chi connectivity index (χ2v) is 5.67. The first-order chi connectivity index (χ1) is 11.1. The summed E-state index contributed by atoms with van der Waals surface area (Å²) in [5.41, 5.74) is 1.29. The molecule has 0 saturated heterocycles. The third-order valence-corrected chi connectivity index (χ3v) is 3.85. The largest absolute Gasteiger partial charge is 0.459 e. The van der Waals surface area contributed by atoms with Crippen LogP contribution in [-0.4, -0.2) is 36.6 Å². The van der Waals surface area contributed by atoms with Crippen LogP contribution in [0.15, 0.2) is 45.5 Å². The molecular weight excluding hydrogens is 294 g/mol. The lowest BCUT2D eigenvalue weighted by molar-refractivity contribution is 0.0938. The van der Waals surface area contributed by atoms with Crippen LogP contribution in [0.3, 0.4) is 0 Å². The fraction of sp³-hybridized carbons (Fsp3) is 0.294. The average Bonchev–Trinajstić information content (AvgIpc) is 3.12. The van der Waals surface area contributed by atoms with Crippen molar-refractivity contribution in [2.24, 2.45) is 0 Å². The number of benzene rings is 1. The molecular formula is C17H19N3O3. The molecule has 0 spiro atoms. The monoisotopic (exact) mass is 313 g/mol. The summed E-state index contributed by atoms with van der Waals surface area (Å²) in [6.45, 7) is 2.14. The van der Waals surface area contributed by atoms with Crippen molar-refractivity contribution in [1.29, 1.82) is 0 Å². The summed E-state index contributed by atoms with van der Waals surface area (Å²) in [6, 6.07) is 9.81. The molecule has 6 nitrogen and oxygen atoms in total. The third kappa shape index (κ3) is 3.12. The summed E-state index contributed by atoms with van der Waals surface area (Å²) in [4.78, 5) is 14.2. The Hall–Kier alpha value is -2.60. The van der Waals surface area contributed by atoms with Crippen molar-refractivity contribution < 1.29 is 13.7 Å². The van der Waals surface area contributed by atoms with Gasteiger partial charge in [0.1, 0.15) is 22.7 Å². The minimum Gasteiger partial charge on any atom is -0.459 e. The zero-order valence-corrected chi connectivity index (χ0v) is 13.4. The number of rotatable bonds is 5. The van der Waals surface area contributed by atoms with E-state index < -0.39 is 0 Å². The van der Waals surface area contributed by atoms with Gasteiger partial charge in [-0.1, -0.05) is 23.4 Å². The van der Waals surface area contributed by atoms with Crippen LogP contribution in [0.4, 0.5) is 0 Å². The Morgan fingerprint density at radius 1 is 1.35 bits per heavy atom. The second-order valence-electron chi connectivity index (χ2n) is 5.67. The maximum atomic E-state index is 12.2. The number of hydrogen-bond acceptors (Lipinski definition) is 5. The fourth-order valence-corrected chi connectivity index (χ4v) is 2.51. The van der Waals surface area contributed by atoms with E-state index in [0.29, 0.717) is 17.9 Å². The van der Waals surface area contributed by atoms with Crippen LogP contribution in [0, 0.1) is 6.92 Å². The van der Waals surface area contributed by atoms with E-state index in [1.54, 1.807) is 6.92 Å². The number of likely N-dealkylation sites (N-methyl/N-ethyl adjacent to an activating group) is 1. The molecule has 0 bridgehead atoms. The number of nitrogens with one attached hydrogen (secondary N) is 1. The van der Waals surface area contributed by atoms with E-state index in [1.807, 2.05) is 49.3 Å². The topological polar surface area (TPSA) is 71.5 Å². The number of carbonyl (C=O) groups is 1. The molecule has 2 aromatic heterocycles. The summed E-state index contributed by atoms with van der Waals surface area (Å²) in [7, 11) is 3.91. The first kappa shape index (κ1) is 15.3. The van der Waals surface area contributed by atoms with Crippen LogP contribution in [0.5, 0.6) is 0 Å². The van der Waals surface area contributed by atoms with Gasteiger partial charge < -0.3 is 14.3 Å². The van der Waals surface area contributed by atoms with Crippen molar-refractivity contribution in [3.05, 3.63) is 53.6 Å². The molecule has 1 unspecified atom stereocenters. The van der Waals surface area contributed by atoms with Crippen molar-refractivity contribution in [3.8, 4) is 0 Å². The number of aromatic nitrogens is 1. The van der Waals surface area contributed by atoms with Crippen LogP contribution < -0.4 is 5.32 Å². The fourth-order valence-electron chi connectivity index (χ4n) is 2.51. The molecule has 3 rings (SSSR count). The number of nitrogens with zero attached hydrogens (tertiary/aromatic N) is 2. The summed E-state index contributed by atoms with van der Waals surface area (Å²) >= 11 is 0. The Balaban J connectivity index is 1.77. The summed E-state index contributed by atoms with van der Waals surface area (Å²) in [5.74, 6) is 1.12. The van der Waals surface area contributed by atoms with Crippen molar-refractivity contribution in [2.45, 2.75) is 13.0 Å². The maximum Gasteiger partial charge on any atom is 0.256 e. The van der Waals surface area contributed by atoms with Crippen molar-refractivity contribution in [3.63, 3.8) is 0 Å². The third-order valence-electron chi connectivity index (χ3n) is 3.85. The quantitative estimate of drug-likeness (QED) is 0.784. The van der Waals surface area contributed by atoms with Gasteiger partial charge in [0.25, 0.3) is 5.91 Å². The highest BCUT2D eigenvalue weighted by molar-refractivity contribution is 5.94. The Morgan fingerprint density at radius 3 is 2.78 bits per heavy atom. The van der Waals surface area contributed by atoms with Crippen LogP contribution >= 0.6 is 0 Å². The molecule has 23 heavy (non-hydrogen) atoms. The number of aryl methyl sites for hydroxylation is 1. The van der Waals surface area contributed by atoms with Crippen LogP contribution in [0.2, 0.25) is 0 Å². The van der Waals surface area contributed by atoms with Gasteiger partial charge in [-0.3, -0.25) is 9.69 Å². The smallest absolute Gasteiger partial charge is 0.256 e. The van der Waals surface area contributed by atoms with Gasteiger partial charge in [-0.25, -0.2) is 0 Å². The maximum absolute atomic E-state index is 12.2. The summed E-state index contributed by atoms with van der Waals surface area (Å²) in [6.07, 6.45) is 1.43. The van der Waals surface area contributed by atoms with Gasteiger partial charge in [0.15, 0.2) is 0 Å². The second kappa shape index (κ2) is 6.26. The minimum atomic E-state index is -0.202. The van der Waals surface area contributed by atoms with Crippen molar-refractivity contribution in [1.82, 2.24) is 15.4 Å². The highest BCUT2D eigenvalue weighted by Gasteiger charge is 2.21. The van der Waals surface area contributed by atoms with Crippen molar-refractivity contribution in [2.75, 3.05) is 20.6 Å². The molecule has 1 N–H and O–H groups in total. The van der Waals surface area contributed by atoms with E-state index in [0.717, 1.165) is 16.7 Å². The molecule has 0 aliphatic heterocycles. The first-order valence-electron chi connectivity index (χ1n) is 7.40. The van der Waals surface area contributed by atoms with Gasteiger partial charge in [0.2, 0.25) is 0 Å². The van der Waals surface area contributed by atoms with Crippen LogP contribution in [-0.2, 0) is 0 Å². The first-order valence-corrected chi connectivity index (χ1v) is 7.40. The molecule has 1 atom stereocenters. The van der Waals surface area contributed by atoms with E-state index in [2.05, 4.69) is 10.5 Å². The molecule has 0 fully saturated rings. The zero-order valence-electron chi connectivity index (χ0n) is 13.4. The number of hydrogen-bond donors (Lipinski definition) is 1. The molecule has 6 heteroatoms. The standard InChI is InChI=1S/C17H19N3O3/c1-11-13(9-19-23-11)17(21)18-10-14(20(2)3)16-8-12-6-4-5-7-15(12)22-16/h4-9,14H,10H2,1-3H3,(H,18,21). The molecule has 0 aliphatic carbocycles. The van der Waals surface area contributed by atoms with Gasteiger partial charge in [0, 0.05) is 11.9 Å². The van der Waals surface area contributed by atoms with Crippen LogP contribution in [0.25, 0.3) is 11.0 Å². The van der Waals surface area contributed by atoms with E-state index in [4.69, 9.17) is 8.94 Å². The molecule has 1 aromatic carbocycles. The predicted octanol–water partition coefficient (Wildman–Crippen LogP) is 2.76. The van der Waals surface area contributed by atoms with E-state index in [-0.39, 0.29) is 11.9 Å². The lowest BCUT2D eigenvalue weighted by atomic mass is 10.1. The van der Waals surface area contributed by atoms with Gasteiger partial charge in [0.05, 0.1) is 12.2 Å². The van der Waals surface area contributed by atoms with E-state index in [9.17, 15) is 4.79 Å². The van der Waals surface area contributed by atoms with E-state index >= 15 is 0 Å². The van der Waals surface area contributed by atoms with Gasteiger partial charge in [-0.2, -0.15) is 0 Å². The Morgan fingerprint density at radius 2 is 2.13 bits per heavy atom. The number of furan rings is 1. The lowest BCUT2D eigenvalue weighted by Gasteiger charge is -2.22. The minimum absolute atomic E-state index is 0.0634. The Labute approximate surface area is 134 Å². The van der Waals surface area contributed by atoms with Gasteiger partial charge in [-0.15, -0.1) is 0 Å². The van der Waals surface area contributed by atoms with E-state index in [1.165, 1.54) is 6.20 Å². The van der Waals surface area contributed by atoms with Crippen molar-refractivity contribution >= 4 is 16.9 Å². The number of carbonyl (C=O) groups excluding carboxylic acids is 1. The molecule has 1 amide bonds. The number of para-hydroxylation sites is 1. The average molecular weight is 313 g/mol. The zero-order chi connectivity index (χ0) is 16.4. The molecule has 3 aromatic rings. The van der Waals surface area contributed by atoms with Gasteiger partial charge >= 0.3 is 0 Å². The highest BCUT2D eigenvalue weighted by atomic mass is 16.5. The molecule has 0 radical (unpaired) electrons. The Kier molecular flexibility index (Phi) is 4.16. The molecule has 2 heterocycles. The number of fused-ring (bicyclic) bond motifs is 1. The lowest BCUT2D eigenvalue weighted by Crippen LogP contribution is -2.34. The molecule has 0 saturated carbocycles. The normalized spacial score (nSPS) is 12.7. The number of amides is 1. The van der Waals surface area contributed by atoms with Gasteiger partial charge in [-0.05, 0) is 33.2 Å². The Bertz CT molecular complexity index is 786. The molecule has 0 aliphatic rings.